The van der Waals surface area contributed by atoms with Crippen LogP contribution in [0, 0.1) is 0 Å². The first-order chi connectivity index (χ1) is 10.6. The Hall–Kier alpha value is -2.75. The number of nitrogens with zero attached hydrogens (tertiary/aromatic N) is 1. The summed E-state index contributed by atoms with van der Waals surface area (Å²) >= 11 is 0. The average molecular weight is 296 g/mol. The van der Waals surface area contributed by atoms with Crippen LogP contribution in [0.25, 0.3) is 12.2 Å². The molecule has 0 spiro atoms. The van der Waals surface area contributed by atoms with Gasteiger partial charge in [0.1, 0.15) is 6.29 Å². The first kappa shape index (κ1) is 15.6. The second kappa shape index (κ2) is 7.31. The molecule has 1 atom stereocenters. The number of carbonyl (C=O) groups is 2. The Morgan fingerprint density at radius 3 is 2.00 bits per heavy atom. The third-order valence-corrected chi connectivity index (χ3v) is 3.41. The van der Waals surface area contributed by atoms with E-state index in [-0.39, 0.29) is 12.0 Å². The van der Waals surface area contributed by atoms with Crippen LogP contribution in [0.1, 0.15) is 34.5 Å². The fourth-order valence-corrected chi connectivity index (χ4v) is 1.99. The van der Waals surface area contributed by atoms with Gasteiger partial charge in [-0.3, -0.25) is 4.79 Å². The highest BCUT2D eigenvalue weighted by atomic mass is 16.5. The van der Waals surface area contributed by atoms with Gasteiger partial charge in [-0.05, 0) is 11.1 Å². The molecule has 0 aliphatic heterocycles. The quantitative estimate of drug-likeness (QED) is 0.484. The topological polar surface area (TPSA) is 47.2 Å². The molecule has 0 bridgehead atoms. The van der Waals surface area contributed by atoms with Crippen molar-refractivity contribution in [2.75, 3.05) is 7.11 Å². The summed E-state index contributed by atoms with van der Waals surface area (Å²) in [7, 11) is 1.38. The lowest BCUT2D eigenvalue weighted by Crippen LogP contribution is -2.42. The monoisotopic (exact) mass is 296 g/mol. The van der Waals surface area contributed by atoms with E-state index in [1.165, 1.54) is 7.11 Å². The molecule has 0 amide bonds. The molecule has 1 heterocycles. The van der Waals surface area contributed by atoms with Crippen molar-refractivity contribution in [3.63, 3.8) is 0 Å². The number of pyridine rings is 1. The predicted molar refractivity (Wildman–Crippen MR) is 84.1 cm³/mol. The van der Waals surface area contributed by atoms with Gasteiger partial charge in [0, 0.05) is 24.6 Å². The summed E-state index contributed by atoms with van der Waals surface area (Å²) in [6.45, 7) is 1.79. The van der Waals surface area contributed by atoms with E-state index >= 15 is 0 Å². The molecule has 0 N–H and O–H groups in total. The van der Waals surface area contributed by atoms with Crippen LogP contribution >= 0.6 is 0 Å². The van der Waals surface area contributed by atoms with Crippen LogP contribution in [-0.2, 0) is 9.53 Å². The maximum absolute atomic E-state index is 11.5. The van der Waals surface area contributed by atoms with Crippen LogP contribution in [0.2, 0.25) is 0 Å². The maximum atomic E-state index is 11.5. The molecule has 0 fully saturated rings. The SMILES string of the molecule is COC(=O)C(C)[n+]1ccc(C=Cc2ccc(C=O)cc2)cc1. The Balaban J connectivity index is 2.08. The van der Waals surface area contributed by atoms with Crippen LogP contribution in [-0.4, -0.2) is 19.4 Å². The fourth-order valence-electron chi connectivity index (χ4n) is 1.99. The molecule has 1 unspecified atom stereocenters. The van der Waals surface area contributed by atoms with Crippen LogP contribution in [0.3, 0.4) is 0 Å². The molecule has 2 aromatic rings. The van der Waals surface area contributed by atoms with E-state index in [9.17, 15) is 9.59 Å². The van der Waals surface area contributed by atoms with E-state index < -0.39 is 0 Å². The lowest BCUT2D eigenvalue weighted by atomic mass is 10.1. The van der Waals surface area contributed by atoms with E-state index in [4.69, 9.17) is 4.74 Å². The van der Waals surface area contributed by atoms with Gasteiger partial charge in [0.15, 0.2) is 12.4 Å². The molecule has 0 aliphatic carbocycles. The van der Waals surface area contributed by atoms with Gasteiger partial charge in [0.2, 0.25) is 0 Å². The minimum Gasteiger partial charge on any atom is -0.464 e. The number of aldehydes is 1. The summed E-state index contributed by atoms with van der Waals surface area (Å²) < 4.78 is 6.52. The van der Waals surface area contributed by atoms with Crippen molar-refractivity contribution < 1.29 is 18.9 Å². The summed E-state index contributed by atoms with van der Waals surface area (Å²) in [6.07, 6.45) is 8.46. The van der Waals surface area contributed by atoms with Crippen LogP contribution in [0.15, 0.2) is 48.8 Å². The van der Waals surface area contributed by atoms with Crippen molar-refractivity contribution in [1.29, 1.82) is 0 Å². The number of carbonyl (C=O) groups excluding carboxylic acids is 2. The highest BCUT2D eigenvalue weighted by molar-refractivity contribution is 5.76. The van der Waals surface area contributed by atoms with Crippen LogP contribution in [0.5, 0.6) is 0 Å². The Morgan fingerprint density at radius 1 is 1.00 bits per heavy atom. The summed E-state index contributed by atoms with van der Waals surface area (Å²) in [5.74, 6) is -0.274. The number of rotatable bonds is 5. The average Bonchev–Trinajstić information content (AvgIpc) is 2.59. The van der Waals surface area contributed by atoms with E-state index in [2.05, 4.69) is 0 Å². The Labute approximate surface area is 129 Å². The molecule has 0 radical (unpaired) electrons. The second-order valence-corrected chi connectivity index (χ2v) is 4.90. The van der Waals surface area contributed by atoms with Crippen molar-refractivity contribution >= 4 is 24.4 Å². The molecule has 22 heavy (non-hydrogen) atoms. The zero-order valence-corrected chi connectivity index (χ0v) is 12.6. The van der Waals surface area contributed by atoms with Gasteiger partial charge in [-0.1, -0.05) is 36.4 Å². The summed E-state index contributed by atoms with van der Waals surface area (Å²) in [4.78, 5) is 22.1. The minimum absolute atomic E-state index is 0.274. The Kier molecular flexibility index (Phi) is 5.20. The predicted octanol–water partition coefficient (Wildman–Crippen LogP) is 2.69. The molecule has 4 nitrogen and oxygen atoms in total. The number of aromatic nitrogens is 1. The van der Waals surface area contributed by atoms with Gasteiger partial charge in [-0.15, -0.1) is 0 Å². The standard InChI is InChI=1S/C18H18NO3/c1-14(18(21)22-2)19-11-9-16(10-12-19)4-3-15-5-7-17(13-20)8-6-15/h3-14H,1-2H3/q+1. The van der Waals surface area contributed by atoms with Gasteiger partial charge in [-0.2, -0.15) is 4.57 Å². The molecule has 1 aromatic heterocycles. The summed E-state index contributed by atoms with van der Waals surface area (Å²) in [6, 6.07) is 10.9. The molecule has 4 heteroatoms. The highest BCUT2D eigenvalue weighted by Crippen LogP contribution is 2.09. The minimum atomic E-state index is -0.348. The molecular weight excluding hydrogens is 278 g/mol. The molecule has 0 aliphatic rings. The van der Waals surface area contributed by atoms with Crippen molar-refractivity contribution in [3.05, 3.63) is 65.5 Å². The Bertz CT molecular complexity index is 672. The molecule has 0 saturated heterocycles. The molecule has 2 rings (SSSR count). The number of hydrogen-bond acceptors (Lipinski definition) is 3. The van der Waals surface area contributed by atoms with E-state index in [0.717, 1.165) is 17.4 Å². The summed E-state index contributed by atoms with van der Waals surface area (Å²) in [5, 5.41) is 0. The van der Waals surface area contributed by atoms with Gasteiger partial charge in [0.05, 0.1) is 7.11 Å². The lowest BCUT2D eigenvalue weighted by molar-refractivity contribution is -0.707. The zero-order chi connectivity index (χ0) is 15.9. The highest BCUT2D eigenvalue weighted by Gasteiger charge is 2.21. The van der Waals surface area contributed by atoms with E-state index in [1.807, 2.05) is 48.8 Å². The van der Waals surface area contributed by atoms with Crippen molar-refractivity contribution in [3.8, 4) is 0 Å². The van der Waals surface area contributed by atoms with Gasteiger partial charge in [-0.25, -0.2) is 4.79 Å². The van der Waals surface area contributed by atoms with Crippen molar-refractivity contribution in [2.45, 2.75) is 13.0 Å². The molecule has 112 valence electrons. The number of benzene rings is 1. The molecule has 1 aromatic carbocycles. The van der Waals surface area contributed by atoms with E-state index in [0.29, 0.717) is 5.56 Å². The molecular formula is C18H18NO3+. The number of ether oxygens (including phenoxy) is 1. The fraction of sp³-hybridized carbons (Fsp3) is 0.167. The van der Waals surface area contributed by atoms with E-state index in [1.54, 1.807) is 23.6 Å². The molecule has 0 saturated carbocycles. The summed E-state index contributed by atoms with van der Waals surface area (Å²) in [5.41, 5.74) is 2.70. The van der Waals surface area contributed by atoms with Gasteiger partial charge in [0.25, 0.3) is 6.04 Å². The first-order valence-corrected chi connectivity index (χ1v) is 6.96. The first-order valence-electron chi connectivity index (χ1n) is 6.96. The normalized spacial score (nSPS) is 12.1. The number of methoxy groups -OCH3 is 1. The number of hydrogen-bond donors (Lipinski definition) is 0. The zero-order valence-electron chi connectivity index (χ0n) is 12.6. The third kappa shape index (κ3) is 3.88. The lowest BCUT2D eigenvalue weighted by Gasteiger charge is -2.04. The number of esters is 1. The van der Waals surface area contributed by atoms with Crippen LogP contribution < -0.4 is 4.57 Å². The van der Waals surface area contributed by atoms with Crippen molar-refractivity contribution in [2.24, 2.45) is 0 Å². The third-order valence-electron chi connectivity index (χ3n) is 3.41. The largest absolute Gasteiger partial charge is 0.464 e. The smallest absolute Gasteiger partial charge is 0.375 e. The van der Waals surface area contributed by atoms with Crippen LogP contribution in [0.4, 0.5) is 0 Å². The van der Waals surface area contributed by atoms with Crippen molar-refractivity contribution in [1.82, 2.24) is 0 Å². The Morgan fingerprint density at radius 2 is 1.50 bits per heavy atom. The second-order valence-electron chi connectivity index (χ2n) is 4.90. The maximum Gasteiger partial charge on any atom is 0.375 e. The van der Waals surface area contributed by atoms with Gasteiger partial charge >= 0.3 is 5.97 Å². The van der Waals surface area contributed by atoms with Gasteiger partial charge < -0.3 is 4.74 Å².